The molecule has 0 aliphatic carbocycles. The van der Waals surface area contributed by atoms with Gasteiger partial charge in [0.1, 0.15) is 11.2 Å². The summed E-state index contributed by atoms with van der Waals surface area (Å²) in [5, 5.41) is 3.91. The first-order chi connectivity index (χ1) is 28.3. The molecule has 0 amide bonds. The molecule has 0 N–H and O–H groups in total. The van der Waals surface area contributed by atoms with E-state index in [-0.39, 0.29) is 17.6 Å². The Kier molecular flexibility index (Phi) is 6.24. The van der Waals surface area contributed by atoms with Gasteiger partial charge >= 0.3 is 0 Å². The molecule has 0 spiro atoms. The third-order valence-electron chi connectivity index (χ3n) is 9.62. The number of hydrogen-bond acceptors (Lipinski definition) is 4. The highest BCUT2D eigenvalue weighted by Crippen LogP contribution is 2.41. The van der Waals surface area contributed by atoms with Crippen LogP contribution in [0.5, 0.6) is 0 Å². The summed E-state index contributed by atoms with van der Waals surface area (Å²) >= 11 is 0. The third kappa shape index (κ3) is 5.63. The smallest absolute Gasteiger partial charge is 0.164 e. The van der Waals surface area contributed by atoms with Gasteiger partial charge in [-0.25, -0.2) is 15.0 Å². The molecule has 0 radical (unpaired) electrons. The van der Waals surface area contributed by atoms with Crippen LogP contribution in [0.1, 0.15) is 6.85 Å². The predicted molar refractivity (Wildman–Crippen MR) is 217 cm³/mol. The number of fused-ring (bicyclic) bond motifs is 4. The van der Waals surface area contributed by atoms with Crippen molar-refractivity contribution in [2.24, 2.45) is 0 Å². The zero-order valence-electron chi connectivity index (χ0n) is 33.3. The fourth-order valence-corrected chi connectivity index (χ4v) is 7.01. The Balaban J connectivity index is 1.13. The largest absolute Gasteiger partial charge is 0.455 e. The lowest BCUT2D eigenvalue weighted by Crippen LogP contribution is -2.00. The summed E-state index contributed by atoms with van der Waals surface area (Å²) in [5.74, 6) is 1.51. The van der Waals surface area contributed by atoms with Crippen molar-refractivity contribution in [3.63, 3.8) is 0 Å². The van der Waals surface area contributed by atoms with E-state index in [0.29, 0.717) is 39.8 Å². The van der Waals surface area contributed by atoms with Crippen molar-refractivity contribution in [2.45, 2.75) is 0 Å². The molecule has 0 aliphatic rings. The summed E-state index contributed by atoms with van der Waals surface area (Å²) in [4.78, 5) is 14.9. The van der Waals surface area contributed by atoms with Crippen LogP contribution in [-0.4, -0.2) is 15.0 Å². The van der Waals surface area contributed by atoms with Crippen molar-refractivity contribution in [3.05, 3.63) is 188 Å². The van der Waals surface area contributed by atoms with Crippen LogP contribution in [0.25, 0.3) is 100 Å². The van der Waals surface area contributed by atoms with Gasteiger partial charge in [-0.05, 0) is 62.9 Å². The number of furan rings is 1. The van der Waals surface area contributed by atoms with E-state index in [4.69, 9.17) is 26.2 Å². The average molecular weight is 683 g/mol. The van der Waals surface area contributed by atoms with Crippen LogP contribution in [0, 0.1) is 0 Å². The van der Waals surface area contributed by atoms with Crippen LogP contribution in [0.3, 0.4) is 0 Å². The van der Waals surface area contributed by atoms with Gasteiger partial charge in [0.25, 0.3) is 0 Å². The molecule has 10 rings (SSSR count). The summed E-state index contributed by atoms with van der Waals surface area (Å²) in [6.07, 6.45) is 0. The Hall–Kier alpha value is -7.17. The molecule has 0 bridgehead atoms. The second kappa shape index (κ2) is 12.9. The standard InChI is InChI=1S/C49H31N3O/c1-4-13-32(14-5-1)39-29-43(34-15-6-2-7-16-34)46-44(30-39)42-28-27-38(31-45(42)53-46)49-51-47(36-18-8-3-9-19-36)50-48(52-49)37-25-23-35(24-26-37)41-22-12-20-33-17-10-11-21-40(33)41/h1-31H/i2D,6D,7D,15D,16D. The van der Waals surface area contributed by atoms with Gasteiger partial charge in [-0.1, -0.05) is 164 Å². The Morgan fingerprint density at radius 1 is 0.377 bits per heavy atom. The highest BCUT2D eigenvalue weighted by atomic mass is 16.3. The molecule has 8 aromatic carbocycles. The second-order valence-corrected chi connectivity index (χ2v) is 12.9. The number of hydrogen-bond donors (Lipinski definition) is 0. The minimum absolute atomic E-state index is 0.0779. The van der Waals surface area contributed by atoms with Crippen molar-refractivity contribution < 1.29 is 11.3 Å². The van der Waals surface area contributed by atoms with Crippen molar-refractivity contribution in [1.29, 1.82) is 0 Å². The highest BCUT2D eigenvalue weighted by molar-refractivity contribution is 6.12. The van der Waals surface area contributed by atoms with Crippen LogP contribution >= 0.6 is 0 Å². The van der Waals surface area contributed by atoms with E-state index in [1.807, 2.05) is 109 Å². The van der Waals surface area contributed by atoms with E-state index in [9.17, 15) is 0 Å². The van der Waals surface area contributed by atoms with E-state index in [1.54, 1.807) is 0 Å². The van der Waals surface area contributed by atoms with Gasteiger partial charge in [0, 0.05) is 33.0 Å². The lowest BCUT2D eigenvalue weighted by Gasteiger charge is -2.10. The normalized spacial score (nSPS) is 12.7. The molecule has 10 aromatic rings. The predicted octanol–water partition coefficient (Wildman–Crippen LogP) is 12.9. The molecule has 2 heterocycles. The number of aromatic nitrogens is 3. The SMILES string of the molecule is [2H]c1c([2H])c([2H])c(-c2cc(-c3ccccc3)cc3c2oc2cc(-c4nc(-c5ccccc5)nc(-c5ccc(-c6cccc7ccccc67)cc5)n4)ccc23)c([2H])c1[2H]. The van der Waals surface area contributed by atoms with Crippen molar-refractivity contribution in [1.82, 2.24) is 15.0 Å². The molecule has 248 valence electrons. The maximum atomic E-state index is 8.84. The topological polar surface area (TPSA) is 51.8 Å². The van der Waals surface area contributed by atoms with Crippen LogP contribution in [0.4, 0.5) is 0 Å². The van der Waals surface area contributed by atoms with Crippen LogP contribution in [0.2, 0.25) is 0 Å². The second-order valence-electron chi connectivity index (χ2n) is 12.9. The van der Waals surface area contributed by atoms with E-state index in [1.165, 1.54) is 10.8 Å². The Morgan fingerprint density at radius 3 is 1.74 bits per heavy atom. The van der Waals surface area contributed by atoms with Gasteiger partial charge in [0.05, 0.1) is 6.85 Å². The van der Waals surface area contributed by atoms with E-state index >= 15 is 0 Å². The third-order valence-corrected chi connectivity index (χ3v) is 9.62. The van der Waals surface area contributed by atoms with Gasteiger partial charge < -0.3 is 4.42 Å². The van der Waals surface area contributed by atoms with E-state index in [0.717, 1.165) is 44.2 Å². The minimum Gasteiger partial charge on any atom is -0.455 e. The fraction of sp³-hybridized carbons (Fsp3) is 0. The summed E-state index contributed by atoms with van der Waals surface area (Å²) < 4.78 is 49.3. The van der Waals surface area contributed by atoms with E-state index in [2.05, 4.69) is 48.5 Å². The van der Waals surface area contributed by atoms with Gasteiger partial charge in [0.2, 0.25) is 0 Å². The molecule has 0 fully saturated rings. The highest BCUT2D eigenvalue weighted by Gasteiger charge is 2.18. The first kappa shape index (κ1) is 25.7. The van der Waals surface area contributed by atoms with Crippen LogP contribution < -0.4 is 0 Å². The van der Waals surface area contributed by atoms with Gasteiger partial charge in [-0.15, -0.1) is 0 Å². The van der Waals surface area contributed by atoms with Crippen LogP contribution in [0.15, 0.2) is 192 Å². The number of benzene rings is 8. The molecule has 4 heteroatoms. The first-order valence-corrected chi connectivity index (χ1v) is 17.4. The maximum absolute atomic E-state index is 8.84. The number of nitrogens with zero attached hydrogens (tertiary/aromatic N) is 3. The van der Waals surface area contributed by atoms with Gasteiger partial charge in [-0.3, -0.25) is 0 Å². The van der Waals surface area contributed by atoms with Crippen molar-refractivity contribution in [2.75, 3.05) is 0 Å². The molecule has 2 aromatic heterocycles. The maximum Gasteiger partial charge on any atom is 0.164 e. The van der Waals surface area contributed by atoms with E-state index < -0.39 is 18.1 Å². The molecule has 0 atom stereocenters. The first-order valence-electron chi connectivity index (χ1n) is 19.9. The van der Waals surface area contributed by atoms with Gasteiger partial charge in [-0.2, -0.15) is 0 Å². The molecule has 53 heavy (non-hydrogen) atoms. The Bertz CT molecular complexity index is 3190. The Morgan fingerprint density at radius 2 is 0.981 bits per heavy atom. The lowest BCUT2D eigenvalue weighted by molar-refractivity contribution is 0.670. The monoisotopic (exact) mass is 682 g/mol. The zero-order chi connectivity index (χ0) is 39.5. The number of rotatable bonds is 6. The lowest BCUT2D eigenvalue weighted by atomic mass is 9.95. The fourth-order valence-electron chi connectivity index (χ4n) is 7.01. The Labute approximate surface area is 313 Å². The summed E-state index contributed by atoms with van der Waals surface area (Å²) in [6, 6.07) is 50.4. The van der Waals surface area contributed by atoms with Gasteiger partial charge in [0.15, 0.2) is 17.5 Å². The summed E-state index contributed by atoms with van der Waals surface area (Å²) in [5.41, 5.74) is 7.80. The summed E-state index contributed by atoms with van der Waals surface area (Å²) in [7, 11) is 0. The molecule has 0 unspecified atom stereocenters. The molecule has 0 saturated carbocycles. The summed E-state index contributed by atoms with van der Waals surface area (Å²) in [6.45, 7) is 0. The molecule has 0 saturated heterocycles. The molecular weight excluding hydrogens is 647 g/mol. The average Bonchev–Trinajstić information content (AvgIpc) is 3.66. The molecule has 4 nitrogen and oxygen atoms in total. The van der Waals surface area contributed by atoms with Crippen molar-refractivity contribution >= 4 is 32.7 Å². The minimum atomic E-state index is -0.448. The quantitative estimate of drug-likeness (QED) is 0.175. The zero-order valence-corrected chi connectivity index (χ0v) is 28.3. The molecular formula is C49H31N3O. The molecule has 0 aliphatic heterocycles. The van der Waals surface area contributed by atoms with Crippen molar-refractivity contribution in [3.8, 4) is 67.5 Å². The van der Waals surface area contributed by atoms with Crippen LogP contribution in [-0.2, 0) is 0 Å².